The van der Waals surface area contributed by atoms with Gasteiger partial charge in [0.05, 0.1) is 16.6 Å². The van der Waals surface area contributed by atoms with Crippen LogP contribution in [0.4, 0.5) is 0 Å². The van der Waals surface area contributed by atoms with E-state index in [1.807, 2.05) is 37.3 Å². The molecule has 140 valence electrons. The van der Waals surface area contributed by atoms with Crippen LogP contribution >= 0.6 is 11.6 Å². The fourth-order valence-corrected chi connectivity index (χ4v) is 3.47. The third-order valence-corrected chi connectivity index (χ3v) is 4.86. The molecule has 2 heterocycles. The number of hydrogen-bond acceptors (Lipinski definition) is 4. The fraction of sp³-hybridized carbons (Fsp3) is 0.143. The number of rotatable bonds is 4. The van der Waals surface area contributed by atoms with Gasteiger partial charge in [-0.3, -0.25) is 14.2 Å². The van der Waals surface area contributed by atoms with Gasteiger partial charge < -0.3 is 5.11 Å². The number of benzene rings is 2. The number of aliphatic carboxylic acids is 1. The molecule has 6 nitrogen and oxygen atoms in total. The van der Waals surface area contributed by atoms with Crippen LogP contribution in [-0.4, -0.2) is 25.6 Å². The molecule has 0 spiro atoms. The molecule has 0 bridgehead atoms. The van der Waals surface area contributed by atoms with E-state index in [0.29, 0.717) is 44.8 Å². The van der Waals surface area contributed by atoms with E-state index in [-0.39, 0.29) is 5.56 Å². The SMILES string of the molecule is CCc1nc2c(-c3ccc(Cl)cc3)nc3ccccc3c2c(=O)n1CC(=O)O. The Labute approximate surface area is 165 Å². The van der Waals surface area contributed by atoms with E-state index in [2.05, 4.69) is 4.98 Å². The summed E-state index contributed by atoms with van der Waals surface area (Å²) in [4.78, 5) is 34.0. The summed E-state index contributed by atoms with van der Waals surface area (Å²) in [5.74, 6) is -0.679. The van der Waals surface area contributed by atoms with Crippen LogP contribution in [0.5, 0.6) is 0 Å². The first kappa shape index (κ1) is 18.1. The molecule has 7 heteroatoms. The second kappa shape index (κ2) is 7.05. The highest BCUT2D eigenvalue weighted by atomic mass is 35.5. The molecular formula is C21H16ClN3O3. The van der Waals surface area contributed by atoms with Crippen molar-refractivity contribution >= 4 is 39.4 Å². The summed E-state index contributed by atoms with van der Waals surface area (Å²) in [7, 11) is 0. The number of halogens is 1. The monoisotopic (exact) mass is 393 g/mol. The van der Waals surface area contributed by atoms with Crippen LogP contribution in [0.3, 0.4) is 0 Å². The van der Waals surface area contributed by atoms with Crippen molar-refractivity contribution in [1.82, 2.24) is 14.5 Å². The Kier molecular flexibility index (Phi) is 4.57. The molecule has 28 heavy (non-hydrogen) atoms. The van der Waals surface area contributed by atoms with Crippen molar-refractivity contribution in [2.24, 2.45) is 0 Å². The number of fused-ring (bicyclic) bond motifs is 3. The Morgan fingerprint density at radius 2 is 1.82 bits per heavy atom. The highest BCUT2D eigenvalue weighted by Crippen LogP contribution is 2.30. The topological polar surface area (TPSA) is 85.1 Å². The second-order valence-electron chi connectivity index (χ2n) is 6.37. The molecule has 0 fully saturated rings. The number of para-hydroxylation sites is 1. The molecule has 4 aromatic rings. The van der Waals surface area contributed by atoms with Crippen LogP contribution in [0.2, 0.25) is 5.02 Å². The van der Waals surface area contributed by atoms with Crippen LogP contribution in [0.1, 0.15) is 12.7 Å². The number of nitrogens with zero attached hydrogens (tertiary/aromatic N) is 3. The Hall–Kier alpha value is -3.25. The minimum absolute atomic E-state index is 0.369. The van der Waals surface area contributed by atoms with Gasteiger partial charge in [-0.25, -0.2) is 9.97 Å². The first-order chi connectivity index (χ1) is 13.5. The summed E-state index contributed by atoms with van der Waals surface area (Å²) >= 11 is 6.01. The molecule has 1 N–H and O–H groups in total. The average molecular weight is 394 g/mol. The molecule has 0 radical (unpaired) electrons. The molecule has 0 saturated carbocycles. The van der Waals surface area contributed by atoms with Gasteiger partial charge in [-0.15, -0.1) is 0 Å². The average Bonchev–Trinajstić information content (AvgIpc) is 2.69. The molecule has 0 saturated heterocycles. The molecule has 2 aromatic heterocycles. The fourth-order valence-electron chi connectivity index (χ4n) is 3.35. The van der Waals surface area contributed by atoms with Gasteiger partial charge in [0.15, 0.2) is 0 Å². The van der Waals surface area contributed by atoms with Gasteiger partial charge >= 0.3 is 5.97 Å². The van der Waals surface area contributed by atoms with Crippen molar-refractivity contribution in [2.75, 3.05) is 0 Å². The van der Waals surface area contributed by atoms with Gasteiger partial charge in [-0.2, -0.15) is 0 Å². The van der Waals surface area contributed by atoms with Crippen molar-refractivity contribution in [3.8, 4) is 11.3 Å². The van der Waals surface area contributed by atoms with Crippen LogP contribution in [0.25, 0.3) is 33.1 Å². The maximum absolute atomic E-state index is 13.3. The number of carboxylic acid groups (broad SMARTS) is 1. The number of carboxylic acids is 1. The molecule has 2 aromatic carbocycles. The number of carbonyl (C=O) groups is 1. The minimum atomic E-state index is -1.09. The van der Waals surface area contributed by atoms with Crippen LogP contribution in [-0.2, 0) is 17.8 Å². The van der Waals surface area contributed by atoms with Crippen LogP contribution in [0.15, 0.2) is 53.3 Å². The highest BCUT2D eigenvalue weighted by Gasteiger charge is 2.19. The summed E-state index contributed by atoms with van der Waals surface area (Å²) in [5.41, 5.74) is 2.08. The van der Waals surface area contributed by atoms with Crippen LogP contribution < -0.4 is 5.56 Å². The summed E-state index contributed by atoms with van der Waals surface area (Å²) < 4.78 is 1.22. The predicted molar refractivity (Wildman–Crippen MR) is 109 cm³/mol. The summed E-state index contributed by atoms with van der Waals surface area (Å²) in [6.07, 6.45) is 0.422. The third-order valence-electron chi connectivity index (χ3n) is 4.61. The van der Waals surface area contributed by atoms with E-state index in [9.17, 15) is 14.7 Å². The van der Waals surface area contributed by atoms with E-state index in [0.717, 1.165) is 5.56 Å². The number of pyridine rings is 1. The molecular weight excluding hydrogens is 378 g/mol. The standard InChI is InChI=1S/C21H16ClN3O3/c1-2-16-24-20-18(21(28)25(16)11-17(26)27)14-5-3-4-6-15(14)23-19(20)12-7-9-13(22)10-8-12/h3-10H,2,11H2,1H3,(H,26,27). The van der Waals surface area contributed by atoms with E-state index >= 15 is 0 Å². The largest absolute Gasteiger partial charge is 0.480 e. The maximum atomic E-state index is 13.3. The zero-order chi connectivity index (χ0) is 19.8. The number of aromatic nitrogens is 3. The van der Waals surface area contributed by atoms with Gasteiger partial charge in [0.1, 0.15) is 17.9 Å². The maximum Gasteiger partial charge on any atom is 0.323 e. The Balaban J connectivity index is 2.18. The first-order valence-corrected chi connectivity index (χ1v) is 9.17. The normalized spacial score (nSPS) is 11.2. The Morgan fingerprint density at radius 1 is 1.11 bits per heavy atom. The van der Waals surface area contributed by atoms with Crippen molar-refractivity contribution in [1.29, 1.82) is 0 Å². The van der Waals surface area contributed by atoms with Crippen LogP contribution in [0, 0.1) is 0 Å². The lowest BCUT2D eigenvalue weighted by Crippen LogP contribution is -2.28. The van der Waals surface area contributed by atoms with E-state index in [4.69, 9.17) is 16.6 Å². The van der Waals surface area contributed by atoms with E-state index in [1.165, 1.54) is 4.57 Å². The molecule has 0 atom stereocenters. The molecule has 4 rings (SSSR count). The number of hydrogen-bond donors (Lipinski definition) is 1. The van der Waals surface area contributed by atoms with Gasteiger partial charge in [-0.05, 0) is 18.2 Å². The molecule has 0 aliphatic rings. The lowest BCUT2D eigenvalue weighted by Gasteiger charge is -2.14. The molecule has 0 amide bonds. The molecule has 0 aliphatic heterocycles. The second-order valence-corrected chi connectivity index (χ2v) is 6.81. The van der Waals surface area contributed by atoms with E-state index < -0.39 is 12.5 Å². The van der Waals surface area contributed by atoms with Crippen molar-refractivity contribution in [3.05, 3.63) is 69.7 Å². The first-order valence-electron chi connectivity index (χ1n) is 8.79. The van der Waals surface area contributed by atoms with Crippen molar-refractivity contribution < 1.29 is 9.90 Å². The van der Waals surface area contributed by atoms with Gasteiger partial charge in [0.25, 0.3) is 5.56 Å². The van der Waals surface area contributed by atoms with Crippen molar-refractivity contribution in [2.45, 2.75) is 19.9 Å². The summed E-state index contributed by atoms with van der Waals surface area (Å²) in [5, 5.41) is 10.9. The van der Waals surface area contributed by atoms with Gasteiger partial charge in [-0.1, -0.05) is 48.9 Å². The number of aryl methyl sites for hydroxylation is 1. The summed E-state index contributed by atoms with van der Waals surface area (Å²) in [6, 6.07) is 14.5. The zero-order valence-corrected chi connectivity index (χ0v) is 15.8. The molecule has 0 aliphatic carbocycles. The highest BCUT2D eigenvalue weighted by molar-refractivity contribution is 6.30. The molecule has 0 unspecified atom stereocenters. The minimum Gasteiger partial charge on any atom is -0.480 e. The predicted octanol–water partition coefficient (Wildman–Crippen LogP) is 3.91. The zero-order valence-electron chi connectivity index (χ0n) is 15.0. The lowest BCUT2D eigenvalue weighted by molar-refractivity contribution is -0.137. The van der Waals surface area contributed by atoms with Gasteiger partial charge in [0.2, 0.25) is 0 Å². The Morgan fingerprint density at radius 3 is 2.50 bits per heavy atom. The Bertz CT molecular complexity index is 1280. The quantitative estimate of drug-likeness (QED) is 0.531. The van der Waals surface area contributed by atoms with E-state index in [1.54, 1.807) is 18.2 Å². The van der Waals surface area contributed by atoms with Gasteiger partial charge in [0, 0.05) is 22.4 Å². The smallest absolute Gasteiger partial charge is 0.323 e. The lowest BCUT2D eigenvalue weighted by atomic mass is 10.0. The summed E-state index contributed by atoms with van der Waals surface area (Å²) in [6.45, 7) is 1.40. The van der Waals surface area contributed by atoms with Crippen molar-refractivity contribution in [3.63, 3.8) is 0 Å². The third kappa shape index (κ3) is 3.01.